The predicted molar refractivity (Wildman–Crippen MR) is 70.0 cm³/mol. The van der Waals surface area contributed by atoms with E-state index in [4.69, 9.17) is 0 Å². The Bertz CT molecular complexity index is 439. The van der Waals surface area contributed by atoms with E-state index in [2.05, 4.69) is 26.1 Å². The Morgan fingerprint density at radius 1 is 1.29 bits per heavy atom. The molecule has 3 nitrogen and oxygen atoms in total. The van der Waals surface area contributed by atoms with E-state index in [0.29, 0.717) is 0 Å². The highest BCUT2D eigenvalue weighted by Gasteiger charge is 2.51. The number of nitrogens with zero attached hydrogens (tertiary/aromatic N) is 1. The van der Waals surface area contributed by atoms with Crippen LogP contribution in [0.25, 0.3) is 0 Å². The summed E-state index contributed by atoms with van der Waals surface area (Å²) in [5, 5.41) is 3.38. The Hall–Kier alpha value is -0.870. The number of hydrogen-bond donors (Lipinski definition) is 1. The molecule has 1 heterocycles. The summed E-state index contributed by atoms with van der Waals surface area (Å²) < 4.78 is 1.01. The molecule has 1 N–H and O–H groups in total. The van der Waals surface area contributed by atoms with E-state index in [9.17, 15) is 4.79 Å². The number of carbonyl (C=O) groups excluding carboxylic acids is 1. The molecule has 0 aromatic heterocycles. The minimum atomic E-state index is 0.127. The molecule has 1 amide bonds. The van der Waals surface area contributed by atoms with Crippen molar-refractivity contribution < 1.29 is 4.79 Å². The Morgan fingerprint density at radius 2 is 2.00 bits per heavy atom. The van der Waals surface area contributed by atoms with Crippen LogP contribution in [-0.2, 0) is 0 Å². The first-order valence-electron chi connectivity index (χ1n) is 6.00. The van der Waals surface area contributed by atoms with Crippen LogP contribution in [0.1, 0.15) is 23.2 Å². The Balaban J connectivity index is 1.83. The molecule has 3 rings (SSSR count). The fourth-order valence-electron chi connectivity index (χ4n) is 2.50. The van der Waals surface area contributed by atoms with Gasteiger partial charge in [0, 0.05) is 29.7 Å². The lowest BCUT2D eigenvalue weighted by Crippen LogP contribution is -2.55. The molecule has 2 fully saturated rings. The van der Waals surface area contributed by atoms with Gasteiger partial charge in [-0.25, -0.2) is 0 Å². The molecule has 1 aromatic carbocycles. The first-order valence-corrected chi connectivity index (χ1v) is 6.79. The van der Waals surface area contributed by atoms with Gasteiger partial charge >= 0.3 is 0 Å². The summed E-state index contributed by atoms with van der Waals surface area (Å²) in [5.74, 6) is 0.177. The van der Waals surface area contributed by atoms with Gasteiger partial charge in [-0.2, -0.15) is 0 Å². The lowest BCUT2D eigenvalue weighted by Gasteiger charge is -2.36. The zero-order valence-electron chi connectivity index (χ0n) is 9.58. The third kappa shape index (κ3) is 2.00. The standard InChI is InChI=1S/C13H15BrN2O/c14-11-3-1-10(2-4-11)12(17)16-8-7-15-9-13(16)5-6-13/h1-4,15H,5-9H2. The summed E-state index contributed by atoms with van der Waals surface area (Å²) in [4.78, 5) is 14.5. The molecular weight excluding hydrogens is 280 g/mol. The Labute approximate surface area is 109 Å². The topological polar surface area (TPSA) is 32.3 Å². The van der Waals surface area contributed by atoms with Crippen LogP contribution in [0, 0.1) is 0 Å². The van der Waals surface area contributed by atoms with Crippen LogP contribution in [0.15, 0.2) is 28.7 Å². The van der Waals surface area contributed by atoms with Crippen molar-refractivity contribution in [1.82, 2.24) is 10.2 Å². The molecule has 0 bridgehead atoms. The first-order chi connectivity index (χ1) is 8.21. The number of carbonyl (C=O) groups is 1. The molecule has 0 radical (unpaired) electrons. The van der Waals surface area contributed by atoms with Crippen molar-refractivity contribution in [1.29, 1.82) is 0 Å². The van der Waals surface area contributed by atoms with E-state index < -0.39 is 0 Å². The fourth-order valence-corrected chi connectivity index (χ4v) is 2.77. The zero-order chi connectivity index (χ0) is 11.9. The number of halogens is 1. The summed E-state index contributed by atoms with van der Waals surface area (Å²) in [7, 11) is 0. The van der Waals surface area contributed by atoms with Gasteiger partial charge in [0.1, 0.15) is 0 Å². The van der Waals surface area contributed by atoms with Crippen LogP contribution in [0.2, 0.25) is 0 Å². The van der Waals surface area contributed by atoms with Gasteiger partial charge in [0.15, 0.2) is 0 Å². The van der Waals surface area contributed by atoms with E-state index in [0.717, 1.165) is 42.5 Å². The van der Waals surface area contributed by atoms with E-state index in [1.165, 1.54) is 0 Å². The summed E-state index contributed by atoms with van der Waals surface area (Å²) in [6, 6.07) is 7.64. The highest BCUT2D eigenvalue weighted by molar-refractivity contribution is 9.10. The highest BCUT2D eigenvalue weighted by Crippen LogP contribution is 2.42. The van der Waals surface area contributed by atoms with Crippen molar-refractivity contribution in [3.8, 4) is 0 Å². The zero-order valence-corrected chi connectivity index (χ0v) is 11.2. The molecule has 4 heteroatoms. The number of rotatable bonds is 1. The molecule has 1 spiro atoms. The van der Waals surface area contributed by atoms with Gasteiger partial charge in [-0.3, -0.25) is 4.79 Å². The quantitative estimate of drug-likeness (QED) is 0.860. The first kappa shape index (κ1) is 11.2. The normalized spacial score (nSPS) is 21.6. The van der Waals surface area contributed by atoms with Crippen LogP contribution >= 0.6 is 15.9 Å². The van der Waals surface area contributed by atoms with Crippen LogP contribution < -0.4 is 5.32 Å². The molecule has 1 saturated heterocycles. The fraction of sp³-hybridized carbons (Fsp3) is 0.462. The molecule has 1 aliphatic heterocycles. The largest absolute Gasteiger partial charge is 0.330 e. The third-order valence-corrected chi connectivity index (χ3v) is 4.23. The third-order valence-electron chi connectivity index (χ3n) is 3.70. The summed E-state index contributed by atoms with van der Waals surface area (Å²) in [5.41, 5.74) is 0.920. The van der Waals surface area contributed by atoms with Crippen LogP contribution in [0.5, 0.6) is 0 Å². The van der Waals surface area contributed by atoms with Gasteiger partial charge in [-0.05, 0) is 37.1 Å². The molecule has 2 aliphatic rings. The number of piperazine rings is 1. The second-order valence-corrected chi connectivity index (χ2v) is 5.78. The molecule has 1 saturated carbocycles. The second-order valence-electron chi connectivity index (χ2n) is 4.86. The van der Waals surface area contributed by atoms with E-state index in [-0.39, 0.29) is 11.4 Å². The van der Waals surface area contributed by atoms with Gasteiger partial charge in [0.25, 0.3) is 5.91 Å². The summed E-state index contributed by atoms with van der Waals surface area (Å²) in [6.07, 6.45) is 2.28. The van der Waals surface area contributed by atoms with Gasteiger partial charge in [0.2, 0.25) is 0 Å². The average Bonchev–Trinajstić information content (AvgIpc) is 3.10. The number of benzene rings is 1. The molecular formula is C13H15BrN2O. The van der Waals surface area contributed by atoms with E-state index in [1.54, 1.807) is 0 Å². The smallest absolute Gasteiger partial charge is 0.254 e. The van der Waals surface area contributed by atoms with Crippen molar-refractivity contribution in [2.75, 3.05) is 19.6 Å². The van der Waals surface area contributed by atoms with E-state index in [1.807, 2.05) is 24.3 Å². The van der Waals surface area contributed by atoms with Crippen molar-refractivity contribution in [2.45, 2.75) is 18.4 Å². The highest BCUT2D eigenvalue weighted by atomic mass is 79.9. The maximum absolute atomic E-state index is 12.4. The SMILES string of the molecule is O=C(c1ccc(Br)cc1)N1CCNCC12CC2. The van der Waals surface area contributed by atoms with Crippen LogP contribution in [-0.4, -0.2) is 36.0 Å². The van der Waals surface area contributed by atoms with Gasteiger partial charge in [-0.15, -0.1) is 0 Å². The molecule has 90 valence electrons. The number of amides is 1. The van der Waals surface area contributed by atoms with Gasteiger partial charge < -0.3 is 10.2 Å². The molecule has 17 heavy (non-hydrogen) atoms. The Kier molecular flexibility index (Phi) is 2.71. The van der Waals surface area contributed by atoms with Crippen molar-refractivity contribution in [2.24, 2.45) is 0 Å². The maximum Gasteiger partial charge on any atom is 0.254 e. The number of hydrogen-bond acceptors (Lipinski definition) is 2. The van der Waals surface area contributed by atoms with Crippen molar-refractivity contribution >= 4 is 21.8 Å². The molecule has 0 atom stereocenters. The summed E-state index contributed by atoms with van der Waals surface area (Å²) in [6.45, 7) is 2.69. The molecule has 1 aliphatic carbocycles. The lowest BCUT2D eigenvalue weighted by atomic mass is 10.1. The van der Waals surface area contributed by atoms with Crippen molar-refractivity contribution in [3.05, 3.63) is 34.3 Å². The number of nitrogens with one attached hydrogen (secondary N) is 1. The molecule has 0 unspecified atom stereocenters. The van der Waals surface area contributed by atoms with Gasteiger partial charge in [0.05, 0.1) is 5.54 Å². The molecule has 1 aromatic rings. The predicted octanol–water partition coefficient (Wildman–Crippen LogP) is 2.03. The van der Waals surface area contributed by atoms with Crippen LogP contribution in [0.3, 0.4) is 0 Å². The average molecular weight is 295 g/mol. The van der Waals surface area contributed by atoms with E-state index >= 15 is 0 Å². The second kappa shape index (κ2) is 4.10. The maximum atomic E-state index is 12.4. The van der Waals surface area contributed by atoms with Crippen molar-refractivity contribution in [3.63, 3.8) is 0 Å². The summed E-state index contributed by atoms with van der Waals surface area (Å²) >= 11 is 3.39. The van der Waals surface area contributed by atoms with Crippen LogP contribution in [0.4, 0.5) is 0 Å². The van der Waals surface area contributed by atoms with Gasteiger partial charge in [-0.1, -0.05) is 15.9 Å². The monoisotopic (exact) mass is 294 g/mol. The minimum Gasteiger partial charge on any atom is -0.330 e. The minimum absolute atomic E-state index is 0.127. The Morgan fingerprint density at radius 3 is 2.65 bits per heavy atom. The lowest BCUT2D eigenvalue weighted by molar-refractivity contribution is 0.0600.